The van der Waals surface area contributed by atoms with Gasteiger partial charge in [0.1, 0.15) is 6.10 Å². The molecule has 1 aromatic carbocycles. The first kappa shape index (κ1) is 16.1. The van der Waals surface area contributed by atoms with E-state index in [1.807, 2.05) is 0 Å². The van der Waals surface area contributed by atoms with Gasteiger partial charge < -0.3 is 14.9 Å². The Morgan fingerprint density at radius 3 is 2.83 bits per heavy atom. The van der Waals surface area contributed by atoms with Gasteiger partial charge in [0.15, 0.2) is 0 Å². The number of likely N-dealkylation sites (tertiary alicyclic amines) is 1. The Morgan fingerprint density at radius 1 is 1.29 bits per heavy atom. The lowest BCUT2D eigenvalue weighted by atomic mass is 10.0. The first-order valence-corrected chi connectivity index (χ1v) is 9.82. The summed E-state index contributed by atoms with van der Waals surface area (Å²) in [7, 11) is 0. The van der Waals surface area contributed by atoms with Crippen molar-refractivity contribution in [1.82, 2.24) is 9.88 Å². The Bertz CT molecular complexity index is 680. The second-order valence-electron chi connectivity index (χ2n) is 6.80. The predicted octanol–water partition coefficient (Wildman–Crippen LogP) is 3.07. The highest BCUT2D eigenvalue weighted by Crippen LogP contribution is 2.36. The molecule has 4 rings (SSSR count). The maximum Gasteiger partial charge on any atom is 0.115 e. The average molecular weight is 343 g/mol. The van der Waals surface area contributed by atoms with E-state index in [0.717, 1.165) is 30.0 Å². The fourth-order valence-corrected chi connectivity index (χ4v) is 4.67. The zero-order chi connectivity index (χ0) is 16.5. The third kappa shape index (κ3) is 2.96. The van der Waals surface area contributed by atoms with E-state index in [1.165, 1.54) is 48.5 Å². The summed E-state index contributed by atoms with van der Waals surface area (Å²) >= 11 is 1.51. The van der Waals surface area contributed by atoms with Crippen LogP contribution in [0.4, 0.5) is 5.69 Å². The largest absolute Gasteiger partial charge is 0.383 e. The Balaban J connectivity index is 1.55. The minimum atomic E-state index is -0.563. The molecule has 0 radical (unpaired) electrons. The van der Waals surface area contributed by atoms with Gasteiger partial charge in [0.2, 0.25) is 0 Å². The summed E-state index contributed by atoms with van der Waals surface area (Å²) in [5.74, 6) is 0. The van der Waals surface area contributed by atoms with Crippen molar-refractivity contribution >= 4 is 17.0 Å². The van der Waals surface area contributed by atoms with Crippen molar-refractivity contribution in [2.75, 3.05) is 31.1 Å². The van der Waals surface area contributed by atoms with E-state index in [4.69, 9.17) is 0 Å². The van der Waals surface area contributed by atoms with E-state index in [9.17, 15) is 5.11 Å². The van der Waals surface area contributed by atoms with Crippen molar-refractivity contribution in [2.24, 2.45) is 0 Å². The minimum absolute atomic E-state index is 0.563. The molecule has 1 saturated heterocycles. The maximum atomic E-state index is 10.6. The molecular formula is C19H25N3OS. The van der Waals surface area contributed by atoms with Crippen LogP contribution in [0.5, 0.6) is 0 Å². The van der Waals surface area contributed by atoms with Crippen LogP contribution in [0.3, 0.4) is 0 Å². The zero-order valence-electron chi connectivity index (χ0n) is 14.2. The first-order valence-electron chi connectivity index (χ1n) is 8.94. The number of aliphatic hydroxyl groups excluding tert-OH is 1. The molecule has 1 aromatic heterocycles. The number of thiazole rings is 1. The number of fused-ring (bicyclic) bond motifs is 1. The number of aliphatic hydroxyl groups is 1. The number of aromatic nitrogens is 1. The average Bonchev–Trinajstić information content (AvgIpc) is 3.30. The van der Waals surface area contributed by atoms with Gasteiger partial charge in [-0.15, -0.1) is 11.3 Å². The summed E-state index contributed by atoms with van der Waals surface area (Å²) in [6.07, 6.45) is 4.82. The van der Waals surface area contributed by atoms with Gasteiger partial charge in [-0.05, 0) is 43.0 Å². The Kier molecular flexibility index (Phi) is 4.57. The number of anilines is 1. The van der Waals surface area contributed by atoms with Gasteiger partial charge >= 0.3 is 0 Å². The van der Waals surface area contributed by atoms with Gasteiger partial charge in [-0.1, -0.05) is 19.1 Å². The molecule has 0 amide bonds. The van der Waals surface area contributed by atoms with Crippen molar-refractivity contribution in [3.8, 4) is 0 Å². The molecule has 1 atom stereocenters. The number of rotatable bonds is 4. The molecule has 1 fully saturated rings. The highest BCUT2D eigenvalue weighted by molar-refractivity contribution is 7.09. The molecule has 3 heterocycles. The monoisotopic (exact) mass is 343 g/mol. The fourth-order valence-electron chi connectivity index (χ4n) is 4.04. The number of hydrogen-bond donors (Lipinski definition) is 1. The van der Waals surface area contributed by atoms with Crippen molar-refractivity contribution in [2.45, 2.75) is 38.3 Å². The molecule has 5 heteroatoms. The molecular weight excluding hydrogens is 318 g/mol. The lowest BCUT2D eigenvalue weighted by Crippen LogP contribution is -2.44. The molecule has 0 bridgehead atoms. The number of piperidine rings is 1. The summed E-state index contributed by atoms with van der Waals surface area (Å²) in [5, 5.41) is 10.6. The molecule has 0 spiro atoms. The molecule has 2 aliphatic heterocycles. The Hall–Kier alpha value is -1.43. The van der Waals surface area contributed by atoms with Crippen LogP contribution in [0.25, 0.3) is 0 Å². The molecule has 4 nitrogen and oxygen atoms in total. The van der Waals surface area contributed by atoms with Crippen LogP contribution in [0.15, 0.2) is 29.9 Å². The first-order chi connectivity index (χ1) is 11.8. The number of benzene rings is 1. The van der Waals surface area contributed by atoms with Gasteiger partial charge in [-0.25, -0.2) is 0 Å². The van der Waals surface area contributed by atoms with Crippen LogP contribution >= 0.6 is 11.3 Å². The molecule has 1 unspecified atom stereocenters. The summed E-state index contributed by atoms with van der Waals surface area (Å²) in [6, 6.07) is 7.13. The second-order valence-corrected chi connectivity index (χ2v) is 7.72. The van der Waals surface area contributed by atoms with Crippen LogP contribution in [0.1, 0.15) is 41.9 Å². The van der Waals surface area contributed by atoms with Gasteiger partial charge in [0.05, 0.1) is 10.4 Å². The molecule has 1 N–H and O–H groups in total. The lowest BCUT2D eigenvalue weighted by Gasteiger charge is -2.37. The van der Waals surface area contributed by atoms with Crippen molar-refractivity contribution in [3.63, 3.8) is 0 Å². The predicted molar refractivity (Wildman–Crippen MR) is 98.8 cm³/mol. The zero-order valence-corrected chi connectivity index (χ0v) is 15.0. The molecule has 128 valence electrons. The normalized spacial score (nSPS) is 20.3. The van der Waals surface area contributed by atoms with E-state index in [1.54, 1.807) is 11.7 Å². The van der Waals surface area contributed by atoms with Gasteiger partial charge in [0.25, 0.3) is 0 Å². The smallest absolute Gasteiger partial charge is 0.115 e. The van der Waals surface area contributed by atoms with E-state index in [2.05, 4.69) is 39.9 Å². The van der Waals surface area contributed by atoms with E-state index in [0.29, 0.717) is 6.04 Å². The van der Waals surface area contributed by atoms with E-state index in [-0.39, 0.29) is 0 Å². The summed E-state index contributed by atoms with van der Waals surface area (Å²) in [4.78, 5) is 10.1. The van der Waals surface area contributed by atoms with Gasteiger partial charge in [-0.2, -0.15) is 0 Å². The molecule has 2 aromatic rings. The molecule has 0 aliphatic carbocycles. The van der Waals surface area contributed by atoms with E-state index >= 15 is 0 Å². The van der Waals surface area contributed by atoms with Crippen LogP contribution in [-0.2, 0) is 6.42 Å². The summed E-state index contributed by atoms with van der Waals surface area (Å²) < 4.78 is 0. The highest BCUT2D eigenvalue weighted by atomic mass is 32.1. The van der Waals surface area contributed by atoms with Crippen molar-refractivity contribution in [3.05, 3.63) is 45.9 Å². The second kappa shape index (κ2) is 6.82. The standard InChI is InChI=1S/C19H25N3OS/c1-2-21-8-6-16(7-9-21)22-10-5-14-3-4-15(11-17(14)22)19(23)18-12-20-13-24-18/h3-4,11-13,16,19,23H,2,5-10H2,1H3. The van der Waals surface area contributed by atoms with Crippen molar-refractivity contribution in [1.29, 1.82) is 0 Å². The van der Waals surface area contributed by atoms with Gasteiger partial charge in [0, 0.05) is 37.6 Å². The topological polar surface area (TPSA) is 39.6 Å². The third-order valence-corrected chi connectivity index (χ3v) is 6.35. The number of nitrogens with zero attached hydrogens (tertiary/aromatic N) is 3. The maximum absolute atomic E-state index is 10.6. The lowest BCUT2D eigenvalue weighted by molar-refractivity contribution is 0.219. The van der Waals surface area contributed by atoms with E-state index < -0.39 is 6.10 Å². The van der Waals surface area contributed by atoms with Crippen LogP contribution in [0, 0.1) is 0 Å². The SMILES string of the molecule is CCN1CCC(N2CCc3ccc(C(O)c4cncs4)cc32)CC1. The third-order valence-electron chi connectivity index (χ3n) is 5.52. The number of hydrogen-bond acceptors (Lipinski definition) is 5. The minimum Gasteiger partial charge on any atom is -0.383 e. The van der Waals surface area contributed by atoms with Crippen LogP contribution in [0.2, 0.25) is 0 Å². The fraction of sp³-hybridized carbons (Fsp3) is 0.526. The Morgan fingerprint density at radius 2 is 2.12 bits per heavy atom. The molecule has 0 saturated carbocycles. The summed E-state index contributed by atoms with van der Waals surface area (Å²) in [5.41, 5.74) is 5.52. The quantitative estimate of drug-likeness (QED) is 0.926. The van der Waals surface area contributed by atoms with Crippen LogP contribution in [-0.4, -0.2) is 47.2 Å². The van der Waals surface area contributed by atoms with Crippen molar-refractivity contribution < 1.29 is 5.11 Å². The summed E-state index contributed by atoms with van der Waals surface area (Å²) in [6.45, 7) is 6.94. The molecule has 24 heavy (non-hydrogen) atoms. The highest BCUT2D eigenvalue weighted by Gasteiger charge is 2.29. The Labute approximate surface area is 147 Å². The van der Waals surface area contributed by atoms with Gasteiger partial charge in [-0.3, -0.25) is 4.98 Å². The molecule has 2 aliphatic rings. The van der Waals surface area contributed by atoms with Crippen LogP contribution < -0.4 is 4.90 Å².